The zero-order valence-electron chi connectivity index (χ0n) is 19.6. The molecule has 0 N–H and O–H groups in total. The standard InChI is InChI=1S/C23H28N4.Ag.F6P/c1-6-8-24-10-12-26(17-24)15-22-19(3)14-20(4)23(21(22)5)16-27-13-11-25(18-27)9-7-2;;1-7(2,3,4,5)6/h6-7,10-14H,1-2,8-9,15-16H2,3-5H3;;/q;+1;-1. The second-order valence-corrected chi connectivity index (χ2v) is 9.90. The summed E-state index contributed by atoms with van der Waals surface area (Å²) in [6.07, 6.45) is 12.0. The van der Waals surface area contributed by atoms with Gasteiger partial charge in [-0.25, -0.2) is 0 Å². The minimum absolute atomic E-state index is 0. The van der Waals surface area contributed by atoms with Crippen LogP contribution in [0, 0.1) is 34.1 Å². The van der Waals surface area contributed by atoms with Gasteiger partial charge in [0.15, 0.2) is 0 Å². The summed E-state index contributed by atoms with van der Waals surface area (Å²) in [6, 6.07) is 2.29. The summed E-state index contributed by atoms with van der Waals surface area (Å²) in [5.41, 5.74) is 6.72. The van der Waals surface area contributed by atoms with Crippen LogP contribution in [0.3, 0.4) is 0 Å². The fourth-order valence-electron chi connectivity index (χ4n) is 3.54. The molecule has 0 aliphatic carbocycles. The molecule has 2 heterocycles. The van der Waals surface area contributed by atoms with Crippen molar-refractivity contribution >= 4 is 7.81 Å². The maximum absolute atomic E-state index is 10.7. The van der Waals surface area contributed by atoms with E-state index in [0.717, 1.165) is 26.2 Å². The average Bonchev–Trinajstić information content (AvgIpc) is 3.30. The van der Waals surface area contributed by atoms with E-state index in [1.165, 1.54) is 27.8 Å². The molecule has 4 radical (unpaired) electrons. The Hall–Kier alpha value is -1.87. The summed E-state index contributed by atoms with van der Waals surface area (Å²) in [4.78, 5) is 8.25. The quantitative estimate of drug-likeness (QED) is 0.130. The largest absolute Gasteiger partial charge is 1.00 e. The summed E-state index contributed by atoms with van der Waals surface area (Å²) in [5.74, 6) is 0. The molecule has 1 aromatic carbocycles. The number of hydrogen-bond acceptors (Lipinski definition) is 4. The van der Waals surface area contributed by atoms with Gasteiger partial charge in [-0.1, -0.05) is 18.2 Å². The zero-order chi connectivity index (χ0) is 25.8. The van der Waals surface area contributed by atoms with Gasteiger partial charge in [0.25, 0.3) is 0 Å². The normalized spacial score (nSPS) is 16.9. The Morgan fingerprint density at radius 2 is 1.03 bits per heavy atom. The van der Waals surface area contributed by atoms with Crippen molar-refractivity contribution < 1.29 is 47.6 Å². The molecule has 0 aromatic heterocycles. The first-order chi connectivity index (χ1) is 15.5. The van der Waals surface area contributed by atoms with Crippen LogP contribution in [0.4, 0.5) is 25.2 Å². The third-order valence-electron chi connectivity index (χ3n) is 4.97. The van der Waals surface area contributed by atoms with Gasteiger partial charge in [0.2, 0.25) is 13.3 Å². The van der Waals surface area contributed by atoms with E-state index >= 15 is 0 Å². The number of hydrogen-bond donors (Lipinski definition) is 0. The third-order valence-corrected chi connectivity index (χ3v) is 4.97. The topological polar surface area (TPSA) is 13.0 Å². The molecular formula is C23H28AgF6N4P. The van der Waals surface area contributed by atoms with Crippen molar-refractivity contribution in [1.82, 2.24) is 19.6 Å². The van der Waals surface area contributed by atoms with E-state index in [1.54, 1.807) is 0 Å². The second-order valence-electron chi connectivity index (χ2n) is 7.98. The van der Waals surface area contributed by atoms with Gasteiger partial charge in [-0.3, -0.25) is 0 Å². The van der Waals surface area contributed by atoms with Gasteiger partial charge < -0.3 is 19.6 Å². The molecule has 0 fully saturated rings. The Kier molecular flexibility index (Phi) is 9.82. The Bertz CT molecular complexity index is 907. The average molecular weight is 613 g/mol. The molecule has 0 spiro atoms. The van der Waals surface area contributed by atoms with Crippen molar-refractivity contribution in [1.29, 1.82) is 0 Å². The summed E-state index contributed by atoms with van der Waals surface area (Å²) in [6.45, 7) is 24.1. The minimum Gasteiger partial charge on any atom is 1.00 e. The van der Waals surface area contributed by atoms with Gasteiger partial charge >= 0.3 is 55.4 Å². The summed E-state index contributed by atoms with van der Waals surface area (Å²) in [5, 5.41) is 0. The van der Waals surface area contributed by atoms with E-state index in [0.29, 0.717) is 0 Å². The van der Waals surface area contributed by atoms with E-state index in [-0.39, 0.29) is 22.4 Å². The first-order valence-electron chi connectivity index (χ1n) is 10.3. The third kappa shape index (κ3) is 11.6. The van der Waals surface area contributed by atoms with Gasteiger partial charge in [-0.05, 0) is 48.6 Å². The molecule has 1 aromatic rings. The van der Waals surface area contributed by atoms with E-state index in [1.807, 2.05) is 34.4 Å². The molecule has 0 atom stereocenters. The molecule has 12 heteroatoms. The van der Waals surface area contributed by atoms with Gasteiger partial charge in [-0.15, -0.1) is 13.2 Å². The molecule has 3 rings (SSSR count). The number of benzene rings is 1. The smallest absolute Gasteiger partial charge is 1.00 e. The van der Waals surface area contributed by atoms with Gasteiger partial charge in [-0.2, -0.15) is 0 Å². The molecule has 0 amide bonds. The van der Waals surface area contributed by atoms with Crippen LogP contribution in [-0.4, -0.2) is 32.7 Å². The SMILES string of the molecule is C=CCN1[C]N(Cc2c(C)cc(C)c(CN3[C]N(CC=C)C=C3)c2C)C=C1.F[P-](F)(F)(F)(F)F.[Ag+]. The molecule has 0 bridgehead atoms. The van der Waals surface area contributed by atoms with E-state index in [2.05, 4.69) is 75.5 Å². The minimum atomic E-state index is -10.7. The van der Waals surface area contributed by atoms with Crippen molar-refractivity contribution in [3.05, 3.63) is 97.3 Å². The van der Waals surface area contributed by atoms with E-state index in [9.17, 15) is 25.2 Å². The van der Waals surface area contributed by atoms with Crippen molar-refractivity contribution in [2.45, 2.75) is 33.9 Å². The maximum atomic E-state index is 9.87. The van der Waals surface area contributed by atoms with E-state index in [4.69, 9.17) is 0 Å². The number of halogens is 6. The van der Waals surface area contributed by atoms with Crippen LogP contribution in [0.15, 0.2) is 56.2 Å². The van der Waals surface area contributed by atoms with Gasteiger partial charge in [0, 0.05) is 51.0 Å². The summed E-state index contributed by atoms with van der Waals surface area (Å²) in [7, 11) is -10.7. The zero-order valence-corrected chi connectivity index (χ0v) is 22.0. The predicted octanol–water partition coefficient (Wildman–Crippen LogP) is 7.53. The molecule has 0 saturated carbocycles. The summed E-state index contributed by atoms with van der Waals surface area (Å²) >= 11 is 0. The summed E-state index contributed by atoms with van der Waals surface area (Å²) < 4.78 is 59.2. The van der Waals surface area contributed by atoms with Crippen molar-refractivity contribution in [2.75, 3.05) is 13.1 Å². The molecule has 2 aliphatic heterocycles. The fraction of sp³-hybridized carbons (Fsp3) is 0.304. The number of rotatable bonds is 8. The molecule has 35 heavy (non-hydrogen) atoms. The van der Waals surface area contributed by atoms with Crippen molar-refractivity contribution in [3.8, 4) is 0 Å². The second kappa shape index (κ2) is 11.0. The first kappa shape index (κ1) is 31.2. The van der Waals surface area contributed by atoms with Crippen LogP contribution in [0.2, 0.25) is 0 Å². The Balaban J connectivity index is 0.000000672. The maximum Gasteiger partial charge on any atom is 1.00 e. The number of nitrogens with zero attached hydrogens (tertiary/aromatic N) is 4. The Morgan fingerprint density at radius 3 is 1.34 bits per heavy atom. The molecule has 4 nitrogen and oxygen atoms in total. The first-order valence-corrected chi connectivity index (χ1v) is 12.3. The monoisotopic (exact) mass is 612 g/mol. The Morgan fingerprint density at radius 1 is 0.714 bits per heavy atom. The van der Waals surface area contributed by atoms with Crippen molar-refractivity contribution in [2.24, 2.45) is 0 Å². The molecule has 0 unspecified atom stereocenters. The van der Waals surface area contributed by atoms with Crippen LogP contribution in [0.25, 0.3) is 0 Å². The fourth-order valence-corrected chi connectivity index (χ4v) is 3.54. The Labute approximate surface area is 219 Å². The van der Waals surface area contributed by atoms with Crippen LogP contribution in [-0.2, 0) is 35.5 Å². The van der Waals surface area contributed by atoms with Crippen molar-refractivity contribution in [3.63, 3.8) is 0 Å². The molecule has 198 valence electrons. The predicted molar refractivity (Wildman–Crippen MR) is 124 cm³/mol. The molecular weight excluding hydrogens is 585 g/mol. The number of aryl methyl sites for hydroxylation is 2. The van der Waals surface area contributed by atoms with Crippen LogP contribution >= 0.6 is 7.81 Å². The van der Waals surface area contributed by atoms with Gasteiger partial charge in [0.1, 0.15) is 0 Å². The van der Waals surface area contributed by atoms with Crippen LogP contribution in [0.5, 0.6) is 0 Å². The van der Waals surface area contributed by atoms with Gasteiger partial charge in [0.05, 0.1) is 0 Å². The molecule has 2 aliphatic rings. The van der Waals surface area contributed by atoms with E-state index < -0.39 is 7.81 Å². The van der Waals surface area contributed by atoms with Crippen LogP contribution < -0.4 is 0 Å². The molecule has 0 saturated heterocycles. The van der Waals surface area contributed by atoms with Crippen LogP contribution in [0.1, 0.15) is 27.8 Å².